The first-order valence-corrected chi connectivity index (χ1v) is 19.3. The molecule has 0 fully saturated rings. The molecule has 0 saturated carbocycles. The van der Waals surface area contributed by atoms with Gasteiger partial charge in [-0.3, -0.25) is 14.4 Å². The minimum Gasteiger partial charge on any atom is -0.462 e. The minimum absolute atomic E-state index is 0.00666. The normalized spacial score (nSPS) is 12.9. The summed E-state index contributed by atoms with van der Waals surface area (Å²) in [6.07, 6.45) is 9.30. The highest BCUT2D eigenvalue weighted by atomic mass is 35.5. The number of benzene rings is 4. The van der Waals surface area contributed by atoms with Crippen LogP contribution in [0.4, 0.5) is 11.4 Å². The lowest BCUT2D eigenvalue weighted by Crippen LogP contribution is -2.31. The first-order chi connectivity index (χ1) is 26.0. The van der Waals surface area contributed by atoms with E-state index < -0.39 is 0 Å². The number of esters is 1. The second kappa shape index (κ2) is 18.9. The molecule has 0 unspecified atom stereocenters. The van der Waals surface area contributed by atoms with Crippen molar-refractivity contribution in [3.8, 4) is 0 Å². The van der Waals surface area contributed by atoms with E-state index in [0.29, 0.717) is 47.4 Å². The Morgan fingerprint density at radius 2 is 1.26 bits per heavy atom. The summed E-state index contributed by atoms with van der Waals surface area (Å²) in [4.78, 5) is 52.6. The van der Waals surface area contributed by atoms with Crippen molar-refractivity contribution in [2.45, 2.75) is 79.3 Å². The van der Waals surface area contributed by atoms with Crippen LogP contribution in [0.2, 0.25) is 10.0 Å². The molecule has 2 aliphatic heterocycles. The molecule has 6 rings (SSSR count). The average molecular weight is 769 g/mol. The van der Waals surface area contributed by atoms with Crippen molar-refractivity contribution in [2.75, 3.05) is 23.0 Å². The van der Waals surface area contributed by atoms with Crippen molar-refractivity contribution in [3.63, 3.8) is 0 Å². The van der Waals surface area contributed by atoms with E-state index in [2.05, 4.69) is 19.2 Å². The molecule has 0 aromatic heterocycles. The summed E-state index contributed by atoms with van der Waals surface area (Å²) < 4.78 is 5.30. The molecule has 0 aliphatic carbocycles. The van der Waals surface area contributed by atoms with Gasteiger partial charge in [0.2, 0.25) is 11.8 Å². The Labute approximate surface area is 328 Å². The Morgan fingerprint density at radius 3 is 1.98 bits per heavy atom. The summed E-state index contributed by atoms with van der Waals surface area (Å²) in [6, 6.07) is 22.4. The molecule has 0 atom stereocenters. The lowest BCUT2D eigenvalue weighted by atomic mass is 9.93. The number of amides is 3. The Bertz CT molecular complexity index is 2060. The lowest BCUT2D eigenvalue weighted by molar-refractivity contribution is -0.117. The standard InChI is InChI=1S/C22H25ClN2O2.C22H22ClNO3/c1-3-4-11-24-22(27)18-7-8-19-14-25(15(2)26)21-10-9-20(23)13-17(21)6-5-16(19)12-18;1-3-4-11-27-22(26)18-7-8-19-14-24(15(2)25)21-10-9-20(23)13-17(21)6-5-16(19)12-18/h7-10,12-13H,3-6,11,14H2,1-2H3,(H,24,27);5-10,12-13H,3-4,11,14H2,1-2H3. The number of carbonyl (C=O) groups is 4. The van der Waals surface area contributed by atoms with Crippen molar-refractivity contribution >= 4 is 70.4 Å². The molecule has 4 aromatic carbocycles. The van der Waals surface area contributed by atoms with Crippen LogP contribution in [0.3, 0.4) is 0 Å². The van der Waals surface area contributed by atoms with Gasteiger partial charge in [-0.15, -0.1) is 0 Å². The van der Waals surface area contributed by atoms with Crippen molar-refractivity contribution in [1.29, 1.82) is 0 Å². The van der Waals surface area contributed by atoms with Gasteiger partial charge in [0.1, 0.15) is 0 Å². The average Bonchev–Trinajstić information content (AvgIpc) is 3.13. The number of hydrogen-bond acceptors (Lipinski definition) is 5. The van der Waals surface area contributed by atoms with E-state index in [9.17, 15) is 19.2 Å². The molecule has 4 aromatic rings. The van der Waals surface area contributed by atoms with Crippen LogP contribution in [-0.2, 0) is 40.3 Å². The predicted molar refractivity (Wildman–Crippen MR) is 218 cm³/mol. The number of unbranched alkanes of at least 4 members (excludes halogenated alkanes) is 2. The Kier molecular flexibility index (Phi) is 14.1. The number of rotatable bonds is 8. The van der Waals surface area contributed by atoms with Gasteiger partial charge in [-0.2, -0.15) is 0 Å². The summed E-state index contributed by atoms with van der Waals surface area (Å²) in [5.74, 6) is -0.426. The molecule has 282 valence electrons. The van der Waals surface area contributed by atoms with Gasteiger partial charge in [-0.05, 0) is 120 Å². The Balaban J connectivity index is 0.000000208. The zero-order chi connectivity index (χ0) is 38.8. The van der Waals surface area contributed by atoms with E-state index >= 15 is 0 Å². The molecule has 8 nitrogen and oxygen atoms in total. The fourth-order valence-electron chi connectivity index (χ4n) is 6.49. The maximum Gasteiger partial charge on any atom is 0.338 e. The zero-order valence-electron chi connectivity index (χ0n) is 31.3. The number of halogens is 2. The van der Waals surface area contributed by atoms with Crippen LogP contribution in [0.25, 0.3) is 12.2 Å². The number of nitrogens with zero attached hydrogens (tertiary/aromatic N) is 2. The molecule has 2 aliphatic rings. The lowest BCUT2D eigenvalue weighted by Gasteiger charge is -2.28. The molecule has 54 heavy (non-hydrogen) atoms. The minimum atomic E-state index is -0.325. The van der Waals surface area contributed by atoms with E-state index in [4.69, 9.17) is 27.9 Å². The number of nitrogens with one attached hydrogen (secondary N) is 1. The SMILES string of the molecule is CCCCNC(=O)c1ccc2c(c1)CCc1cc(Cl)ccc1N(C(C)=O)C2.CCCCOC(=O)c1ccc2c(c1)C=Cc1cc(Cl)ccc1N(C(C)=O)C2. The van der Waals surface area contributed by atoms with Crippen molar-refractivity contribution in [1.82, 2.24) is 5.32 Å². The third-order valence-electron chi connectivity index (χ3n) is 9.53. The van der Waals surface area contributed by atoms with Gasteiger partial charge in [0.25, 0.3) is 5.91 Å². The predicted octanol–water partition coefficient (Wildman–Crippen LogP) is 9.86. The van der Waals surface area contributed by atoms with Crippen LogP contribution in [0.15, 0.2) is 72.8 Å². The van der Waals surface area contributed by atoms with E-state index in [1.807, 2.05) is 72.8 Å². The fourth-order valence-corrected chi connectivity index (χ4v) is 6.87. The summed E-state index contributed by atoms with van der Waals surface area (Å²) >= 11 is 12.3. The van der Waals surface area contributed by atoms with Crippen LogP contribution in [-0.4, -0.2) is 36.8 Å². The van der Waals surface area contributed by atoms with Crippen LogP contribution < -0.4 is 15.1 Å². The summed E-state index contributed by atoms with van der Waals surface area (Å²) in [6.45, 7) is 9.31. The highest BCUT2D eigenvalue weighted by Gasteiger charge is 2.22. The smallest absolute Gasteiger partial charge is 0.338 e. The number of anilines is 2. The highest BCUT2D eigenvalue weighted by molar-refractivity contribution is 6.31. The zero-order valence-corrected chi connectivity index (χ0v) is 32.9. The maximum atomic E-state index is 12.4. The van der Waals surface area contributed by atoms with Crippen molar-refractivity contribution < 1.29 is 23.9 Å². The van der Waals surface area contributed by atoms with Gasteiger partial charge >= 0.3 is 5.97 Å². The van der Waals surface area contributed by atoms with E-state index in [0.717, 1.165) is 83.3 Å². The highest BCUT2D eigenvalue weighted by Crippen LogP contribution is 2.33. The number of ether oxygens (including phenoxy) is 1. The Hall–Kier alpha value is -4.92. The number of carbonyl (C=O) groups excluding carboxylic acids is 4. The second-order valence-electron chi connectivity index (χ2n) is 13.5. The monoisotopic (exact) mass is 767 g/mol. The summed E-state index contributed by atoms with van der Waals surface area (Å²) in [5.41, 5.74) is 8.87. The summed E-state index contributed by atoms with van der Waals surface area (Å²) in [5, 5.41) is 4.24. The van der Waals surface area contributed by atoms with Gasteiger partial charge in [0, 0.05) is 41.7 Å². The molecular weight excluding hydrogens is 721 g/mol. The van der Waals surface area contributed by atoms with Crippen LogP contribution >= 0.6 is 23.2 Å². The van der Waals surface area contributed by atoms with Crippen LogP contribution in [0, 0.1) is 0 Å². The molecule has 1 N–H and O–H groups in total. The van der Waals surface area contributed by atoms with Crippen LogP contribution in [0.5, 0.6) is 0 Å². The molecule has 3 amide bonds. The molecule has 10 heteroatoms. The molecule has 0 bridgehead atoms. The van der Waals surface area contributed by atoms with Gasteiger partial charge in [-0.25, -0.2) is 4.79 Å². The van der Waals surface area contributed by atoms with E-state index in [1.165, 1.54) is 0 Å². The molecule has 0 saturated heterocycles. The quantitative estimate of drug-likeness (QED) is 0.142. The van der Waals surface area contributed by atoms with E-state index in [-0.39, 0.29) is 23.7 Å². The molecule has 0 radical (unpaired) electrons. The van der Waals surface area contributed by atoms with Crippen molar-refractivity contribution in [3.05, 3.63) is 127 Å². The van der Waals surface area contributed by atoms with Gasteiger partial charge in [-0.1, -0.05) is 74.2 Å². The Morgan fingerprint density at radius 1 is 0.648 bits per heavy atom. The van der Waals surface area contributed by atoms with Gasteiger partial charge in [0.05, 0.1) is 30.9 Å². The van der Waals surface area contributed by atoms with Gasteiger partial charge < -0.3 is 19.9 Å². The largest absolute Gasteiger partial charge is 0.462 e. The maximum absolute atomic E-state index is 12.4. The van der Waals surface area contributed by atoms with Crippen molar-refractivity contribution in [2.24, 2.45) is 0 Å². The molecule has 2 heterocycles. The number of hydrogen-bond donors (Lipinski definition) is 1. The third-order valence-corrected chi connectivity index (χ3v) is 10.0. The van der Waals surface area contributed by atoms with Crippen LogP contribution in [0.1, 0.15) is 107 Å². The fraction of sp³-hybridized carbons (Fsp3) is 0.318. The molecule has 0 spiro atoms. The number of fused-ring (bicyclic) bond motifs is 4. The second-order valence-corrected chi connectivity index (χ2v) is 14.4. The first kappa shape index (κ1) is 40.3. The first-order valence-electron chi connectivity index (χ1n) is 18.5. The molecular formula is C44H47Cl2N3O5. The summed E-state index contributed by atoms with van der Waals surface area (Å²) in [7, 11) is 0. The van der Waals surface area contributed by atoms with E-state index in [1.54, 1.807) is 35.8 Å². The topological polar surface area (TPSA) is 96.0 Å². The third kappa shape index (κ3) is 10.2. The van der Waals surface area contributed by atoms with Gasteiger partial charge in [0.15, 0.2) is 0 Å². The number of aryl methyl sites for hydroxylation is 2.